The third-order valence-electron chi connectivity index (χ3n) is 7.20. The standard InChI is InChI=1S/C28H27F3N4O5S/c1-17(36)35-15-19-13-22(41(2,38)39)8-9-23(19)26(35)27(37)33-21-7-10-25(32-14-21)34-11-12-40-16-24(34)18-3-5-20(6-4-18)28(29,30)31/h3-10,13-14,24,26H,11-12,15-16H2,1-2H3,(H,33,37)/t24-,26-/m1/s1. The molecule has 2 atom stereocenters. The van der Waals surface area contributed by atoms with E-state index in [-0.39, 0.29) is 30.0 Å². The van der Waals surface area contributed by atoms with Crippen molar-refractivity contribution < 1.29 is 35.9 Å². The minimum absolute atomic E-state index is 0.103. The molecule has 1 fully saturated rings. The van der Waals surface area contributed by atoms with E-state index in [1.807, 2.05) is 4.90 Å². The van der Waals surface area contributed by atoms with Crippen LogP contribution in [0.2, 0.25) is 0 Å². The highest BCUT2D eigenvalue weighted by molar-refractivity contribution is 7.90. The lowest BCUT2D eigenvalue weighted by Gasteiger charge is -2.37. The molecule has 216 valence electrons. The Labute approximate surface area is 234 Å². The van der Waals surface area contributed by atoms with Crippen molar-refractivity contribution in [3.05, 3.63) is 83.0 Å². The Morgan fingerprint density at radius 3 is 2.41 bits per heavy atom. The van der Waals surface area contributed by atoms with Crippen LogP contribution in [0.1, 0.15) is 41.3 Å². The number of alkyl halides is 3. The minimum atomic E-state index is -4.43. The van der Waals surface area contributed by atoms with Gasteiger partial charge < -0.3 is 19.9 Å². The van der Waals surface area contributed by atoms with Crippen LogP contribution in [0.15, 0.2) is 65.7 Å². The quantitative estimate of drug-likeness (QED) is 0.478. The number of benzene rings is 2. The summed E-state index contributed by atoms with van der Waals surface area (Å²) in [5.41, 5.74) is 1.43. The number of carbonyl (C=O) groups excluding carboxylic acids is 2. The van der Waals surface area contributed by atoms with Gasteiger partial charge in [0.2, 0.25) is 5.91 Å². The van der Waals surface area contributed by atoms with E-state index in [0.717, 1.165) is 18.4 Å². The van der Waals surface area contributed by atoms with Crippen molar-refractivity contribution in [2.75, 3.05) is 36.2 Å². The fraction of sp³-hybridized carbons (Fsp3) is 0.321. The summed E-state index contributed by atoms with van der Waals surface area (Å²) in [6, 6.07) is 11.5. The Hall–Kier alpha value is -3.97. The van der Waals surface area contributed by atoms with Gasteiger partial charge in [-0.3, -0.25) is 9.59 Å². The van der Waals surface area contributed by atoms with Crippen LogP contribution in [0.4, 0.5) is 24.7 Å². The molecule has 1 N–H and O–H groups in total. The molecule has 5 rings (SSSR count). The van der Waals surface area contributed by atoms with Crippen LogP contribution in [-0.2, 0) is 36.9 Å². The Morgan fingerprint density at radius 1 is 1.07 bits per heavy atom. The predicted molar refractivity (Wildman–Crippen MR) is 144 cm³/mol. The summed E-state index contributed by atoms with van der Waals surface area (Å²) >= 11 is 0. The van der Waals surface area contributed by atoms with E-state index in [1.54, 1.807) is 18.2 Å². The number of morpholine rings is 1. The van der Waals surface area contributed by atoms with Gasteiger partial charge in [-0.05, 0) is 53.1 Å². The van der Waals surface area contributed by atoms with Gasteiger partial charge in [0.05, 0.1) is 41.6 Å². The second-order valence-corrected chi connectivity index (χ2v) is 12.0. The maximum Gasteiger partial charge on any atom is 0.416 e. The first kappa shape index (κ1) is 28.6. The van der Waals surface area contributed by atoms with Gasteiger partial charge in [-0.15, -0.1) is 0 Å². The smallest absolute Gasteiger partial charge is 0.377 e. The normalized spacial score (nSPS) is 19.1. The van der Waals surface area contributed by atoms with Gasteiger partial charge in [-0.25, -0.2) is 13.4 Å². The van der Waals surface area contributed by atoms with Crippen LogP contribution in [0.25, 0.3) is 0 Å². The number of carbonyl (C=O) groups is 2. The predicted octanol–water partition coefficient (Wildman–Crippen LogP) is 4.12. The highest BCUT2D eigenvalue weighted by atomic mass is 32.2. The second kappa shape index (κ2) is 10.8. The fourth-order valence-electron chi connectivity index (χ4n) is 5.12. The fourth-order valence-corrected chi connectivity index (χ4v) is 5.80. The number of halogens is 3. The van der Waals surface area contributed by atoms with Crippen LogP contribution in [-0.4, -0.2) is 56.1 Å². The molecule has 9 nitrogen and oxygen atoms in total. The van der Waals surface area contributed by atoms with E-state index < -0.39 is 33.5 Å². The number of anilines is 2. The lowest BCUT2D eigenvalue weighted by atomic mass is 10.0. The molecule has 0 unspecified atom stereocenters. The highest BCUT2D eigenvalue weighted by Crippen LogP contribution is 2.37. The molecule has 1 saturated heterocycles. The number of hydrogen-bond donors (Lipinski definition) is 1. The first-order valence-corrected chi connectivity index (χ1v) is 14.6. The maximum absolute atomic E-state index is 13.3. The van der Waals surface area contributed by atoms with Crippen molar-refractivity contribution in [3.8, 4) is 0 Å². The first-order chi connectivity index (χ1) is 19.3. The molecular weight excluding hydrogens is 561 g/mol. The van der Waals surface area contributed by atoms with Gasteiger partial charge in [-0.1, -0.05) is 18.2 Å². The zero-order valence-electron chi connectivity index (χ0n) is 22.2. The number of hydrogen-bond acceptors (Lipinski definition) is 7. The number of fused-ring (bicyclic) bond motifs is 1. The van der Waals surface area contributed by atoms with Crippen molar-refractivity contribution in [1.82, 2.24) is 9.88 Å². The van der Waals surface area contributed by atoms with Gasteiger partial charge in [-0.2, -0.15) is 13.2 Å². The summed E-state index contributed by atoms with van der Waals surface area (Å²) < 4.78 is 68.6. The number of nitrogens with one attached hydrogen (secondary N) is 1. The molecule has 13 heteroatoms. The van der Waals surface area contributed by atoms with Crippen LogP contribution >= 0.6 is 0 Å². The van der Waals surface area contributed by atoms with Crippen molar-refractivity contribution in [2.24, 2.45) is 0 Å². The maximum atomic E-state index is 13.3. The number of aromatic nitrogens is 1. The first-order valence-electron chi connectivity index (χ1n) is 12.7. The topological polar surface area (TPSA) is 109 Å². The Balaban J connectivity index is 1.34. The molecule has 2 aliphatic rings. The van der Waals surface area contributed by atoms with Gasteiger partial charge in [0, 0.05) is 26.3 Å². The molecule has 3 aromatic rings. The lowest BCUT2D eigenvalue weighted by molar-refractivity contribution is -0.137. The van der Waals surface area contributed by atoms with E-state index in [4.69, 9.17) is 4.74 Å². The Morgan fingerprint density at radius 2 is 1.80 bits per heavy atom. The van der Waals surface area contributed by atoms with Crippen molar-refractivity contribution in [1.29, 1.82) is 0 Å². The molecule has 3 heterocycles. The molecule has 2 aromatic carbocycles. The van der Waals surface area contributed by atoms with Gasteiger partial charge >= 0.3 is 6.18 Å². The number of sulfone groups is 1. The molecule has 0 radical (unpaired) electrons. The number of ether oxygens (including phenoxy) is 1. The number of rotatable bonds is 5. The summed E-state index contributed by atoms with van der Waals surface area (Å²) in [6.07, 6.45) is -1.87. The van der Waals surface area contributed by atoms with Crippen LogP contribution < -0.4 is 10.2 Å². The van der Waals surface area contributed by atoms with E-state index in [1.165, 1.54) is 42.3 Å². The van der Waals surface area contributed by atoms with Crippen LogP contribution in [0, 0.1) is 0 Å². The highest BCUT2D eigenvalue weighted by Gasteiger charge is 2.38. The van der Waals surface area contributed by atoms with Crippen molar-refractivity contribution in [2.45, 2.75) is 36.6 Å². The molecule has 41 heavy (non-hydrogen) atoms. The zero-order chi connectivity index (χ0) is 29.5. The summed E-state index contributed by atoms with van der Waals surface area (Å²) in [7, 11) is -3.46. The minimum Gasteiger partial charge on any atom is -0.377 e. The third kappa shape index (κ3) is 5.91. The van der Waals surface area contributed by atoms with E-state index in [2.05, 4.69) is 10.3 Å². The Kier molecular flexibility index (Phi) is 7.51. The van der Waals surface area contributed by atoms with Crippen molar-refractivity contribution in [3.63, 3.8) is 0 Å². The average Bonchev–Trinajstić information content (AvgIpc) is 3.32. The van der Waals surface area contributed by atoms with Gasteiger partial charge in [0.1, 0.15) is 11.9 Å². The van der Waals surface area contributed by atoms with Gasteiger partial charge in [0.15, 0.2) is 9.84 Å². The molecule has 2 aliphatic heterocycles. The van der Waals surface area contributed by atoms with Crippen molar-refractivity contribution >= 4 is 33.2 Å². The SMILES string of the molecule is CC(=O)N1Cc2cc(S(C)(=O)=O)ccc2[C@@H]1C(=O)Nc1ccc(N2CCOC[C@@H]2c2ccc(C(F)(F)F)cc2)nc1. The van der Waals surface area contributed by atoms with Crippen LogP contribution in [0.5, 0.6) is 0 Å². The number of nitrogens with zero attached hydrogens (tertiary/aromatic N) is 3. The zero-order valence-corrected chi connectivity index (χ0v) is 23.0. The third-order valence-corrected chi connectivity index (χ3v) is 8.31. The molecule has 2 amide bonds. The molecule has 1 aromatic heterocycles. The average molecular weight is 589 g/mol. The number of pyridine rings is 1. The Bertz CT molecular complexity index is 1580. The summed E-state index contributed by atoms with van der Waals surface area (Å²) in [6.45, 7) is 2.60. The molecule has 0 bridgehead atoms. The second-order valence-electron chi connectivity index (χ2n) is 9.98. The molecular formula is C28H27F3N4O5S. The lowest BCUT2D eigenvalue weighted by Crippen LogP contribution is -2.40. The summed E-state index contributed by atoms with van der Waals surface area (Å²) in [4.78, 5) is 33.6. The van der Waals surface area contributed by atoms with E-state index >= 15 is 0 Å². The molecule has 0 saturated carbocycles. The monoisotopic (exact) mass is 588 g/mol. The van der Waals surface area contributed by atoms with Crippen LogP contribution in [0.3, 0.4) is 0 Å². The van der Waals surface area contributed by atoms with E-state index in [0.29, 0.717) is 41.3 Å². The summed E-state index contributed by atoms with van der Waals surface area (Å²) in [5.74, 6) is -0.256. The molecule has 0 spiro atoms. The number of amides is 2. The summed E-state index contributed by atoms with van der Waals surface area (Å²) in [5, 5.41) is 2.78. The molecule has 0 aliphatic carbocycles. The van der Waals surface area contributed by atoms with E-state index in [9.17, 15) is 31.2 Å². The largest absolute Gasteiger partial charge is 0.416 e. The van der Waals surface area contributed by atoms with Gasteiger partial charge in [0.25, 0.3) is 5.91 Å².